The molecule has 1 aromatic carbocycles. The number of hydrogen-bond acceptors (Lipinski definition) is 4. The first kappa shape index (κ1) is 13.5. The predicted molar refractivity (Wildman–Crippen MR) is 79.4 cm³/mol. The van der Waals surface area contributed by atoms with Crippen LogP contribution in [0.5, 0.6) is 0 Å². The Labute approximate surface area is 120 Å². The van der Waals surface area contributed by atoms with Crippen LogP contribution in [0.25, 0.3) is 11.5 Å². The molecule has 0 radical (unpaired) electrons. The van der Waals surface area contributed by atoms with Crippen LogP contribution in [0.4, 0.5) is 0 Å². The molecule has 1 N–H and O–H groups in total. The van der Waals surface area contributed by atoms with E-state index in [1.807, 2.05) is 12.1 Å². The Morgan fingerprint density at radius 1 is 1.33 bits per heavy atom. The van der Waals surface area contributed by atoms with Crippen LogP contribution < -0.4 is 5.32 Å². The minimum atomic E-state index is 0.606. The summed E-state index contributed by atoms with van der Waals surface area (Å²) in [4.78, 5) is 0. The molecule has 2 aromatic rings. The van der Waals surface area contributed by atoms with Crippen LogP contribution in [0.1, 0.15) is 18.4 Å². The second-order valence-electron chi connectivity index (χ2n) is 4.04. The Morgan fingerprint density at radius 2 is 2.17 bits per heavy atom. The summed E-state index contributed by atoms with van der Waals surface area (Å²) in [6.07, 6.45) is 0.767. The topological polar surface area (TPSA) is 51.0 Å². The number of nitrogens with zero attached hydrogens (tertiary/aromatic N) is 2. The van der Waals surface area contributed by atoms with E-state index >= 15 is 0 Å². The van der Waals surface area contributed by atoms with E-state index in [1.54, 1.807) is 0 Å². The quantitative estimate of drug-likeness (QED) is 0.661. The molecular formula is C13H16IN3O. The summed E-state index contributed by atoms with van der Waals surface area (Å²) in [5.41, 5.74) is 2.23. The predicted octanol–water partition coefficient (Wildman–Crippen LogP) is 2.80. The smallest absolute Gasteiger partial charge is 0.248 e. The minimum Gasteiger partial charge on any atom is -0.421 e. The first-order valence-electron chi connectivity index (χ1n) is 6.01. The summed E-state index contributed by atoms with van der Waals surface area (Å²) in [6.45, 7) is 5.97. The van der Waals surface area contributed by atoms with E-state index in [0.29, 0.717) is 11.8 Å². The minimum absolute atomic E-state index is 0.606. The highest BCUT2D eigenvalue weighted by Crippen LogP contribution is 2.26. The highest BCUT2D eigenvalue weighted by atomic mass is 127. The third-order valence-corrected chi connectivity index (χ3v) is 4.09. The van der Waals surface area contributed by atoms with Crippen molar-refractivity contribution in [1.29, 1.82) is 0 Å². The average Bonchev–Trinajstić information content (AvgIpc) is 2.82. The molecule has 1 heterocycles. The van der Waals surface area contributed by atoms with Crippen LogP contribution in [-0.2, 0) is 6.42 Å². The van der Waals surface area contributed by atoms with Crippen molar-refractivity contribution in [2.45, 2.75) is 20.3 Å². The first-order valence-corrected chi connectivity index (χ1v) is 7.08. The summed E-state index contributed by atoms with van der Waals surface area (Å²) in [5, 5.41) is 11.4. The first-order chi connectivity index (χ1) is 8.72. The second-order valence-corrected chi connectivity index (χ2v) is 5.12. The maximum Gasteiger partial charge on any atom is 0.248 e. The molecule has 0 bridgehead atoms. The van der Waals surface area contributed by atoms with Gasteiger partial charge in [-0.25, -0.2) is 0 Å². The van der Waals surface area contributed by atoms with E-state index < -0.39 is 0 Å². The van der Waals surface area contributed by atoms with Gasteiger partial charge in [0.1, 0.15) is 0 Å². The summed E-state index contributed by atoms with van der Waals surface area (Å²) in [5.74, 6) is 1.29. The molecule has 0 amide bonds. The number of likely N-dealkylation sites (N-methyl/N-ethyl adjacent to an activating group) is 1. The lowest BCUT2D eigenvalue weighted by Gasteiger charge is -2.02. The molecule has 0 fully saturated rings. The van der Waals surface area contributed by atoms with Crippen molar-refractivity contribution in [3.8, 4) is 11.5 Å². The molecule has 0 aliphatic rings. The lowest BCUT2D eigenvalue weighted by atomic mass is 10.1. The van der Waals surface area contributed by atoms with Gasteiger partial charge in [-0.15, -0.1) is 10.2 Å². The van der Waals surface area contributed by atoms with Crippen molar-refractivity contribution >= 4 is 22.6 Å². The number of aromatic nitrogens is 2. The zero-order valence-corrected chi connectivity index (χ0v) is 12.7. The molecule has 4 nitrogen and oxygen atoms in total. The van der Waals surface area contributed by atoms with E-state index in [4.69, 9.17) is 4.42 Å². The van der Waals surface area contributed by atoms with E-state index in [2.05, 4.69) is 58.0 Å². The number of rotatable bonds is 5. The second kappa shape index (κ2) is 6.29. The fraction of sp³-hybridized carbons (Fsp3) is 0.385. The highest BCUT2D eigenvalue weighted by Gasteiger charge is 2.12. The molecule has 1 aromatic heterocycles. The Morgan fingerprint density at radius 3 is 2.94 bits per heavy atom. The Balaban J connectivity index is 2.16. The normalized spacial score (nSPS) is 10.8. The lowest BCUT2D eigenvalue weighted by Crippen LogP contribution is -2.16. The maximum absolute atomic E-state index is 5.69. The number of nitrogens with one attached hydrogen (secondary N) is 1. The van der Waals surface area contributed by atoms with Crippen molar-refractivity contribution < 1.29 is 4.42 Å². The zero-order valence-electron chi connectivity index (χ0n) is 10.5. The van der Waals surface area contributed by atoms with Crippen molar-refractivity contribution in [3.05, 3.63) is 33.2 Å². The molecule has 2 rings (SSSR count). The van der Waals surface area contributed by atoms with Crippen LogP contribution in [-0.4, -0.2) is 23.3 Å². The molecule has 0 saturated carbocycles. The molecule has 0 unspecified atom stereocenters. The lowest BCUT2D eigenvalue weighted by molar-refractivity contribution is 0.496. The van der Waals surface area contributed by atoms with E-state index in [0.717, 1.165) is 28.6 Å². The van der Waals surface area contributed by atoms with Crippen molar-refractivity contribution in [2.24, 2.45) is 0 Å². The Kier molecular flexibility index (Phi) is 4.71. The van der Waals surface area contributed by atoms with Gasteiger partial charge in [-0.3, -0.25) is 0 Å². The van der Waals surface area contributed by atoms with Crippen LogP contribution in [0, 0.1) is 10.5 Å². The number of aryl methyl sites for hydroxylation is 1. The Hall–Kier alpha value is -0.950. The van der Waals surface area contributed by atoms with Crippen molar-refractivity contribution in [3.63, 3.8) is 0 Å². The van der Waals surface area contributed by atoms with E-state index in [1.165, 1.54) is 5.56 Å². The molecule has 5 heteroatoms. The van der Waals surface area contributed by atoms with Gasteiger partial charge in [0.15, 0.2) is 0 Å². The van der Waals surface area contributed by atoms with Gasteiger partial charge in [0.25, 0.3) is 0 Å². The molecule has 0 saturated heterocycles. The Bertz CT molecular complexity index is 525. The maximum atomic E-state index is 5.69. The van der Waals surface area contributed by atoms with Crippen molar-refractivity contribution in [2.75, 3.05) is 13.1 Å². The van der Waals surface area contributed by atoms with Gasteiger partial charge in [0.05, 0.1) is 5.56 Å². The molecule has 0 aliphatic carbocycles. The largest absolute Gasteiger partial charge is 0.421 e. The SMILES string of the molecule is CCNCCc1nnc(-c2cccc(C)c2I)o1. The highest BCUT2D eigenvalue weighted by molar-refractivity contribution is 14.1. The van der Waals surface area contributed by atoms with Crippen LogP contribution in [0.15, 0.2) is 22.6 Å². The van der Waals surface area contributed by atoms with Gasteiger partial charge in [-0.05, 0) is 47.7 Å². The number of halogens is 1. The third-order valence-electron chi connectivity index (χ3n) is 2.65. The summed E-state index contributed by atoms with van der Waals surface area (Å²) >= 11 is 2.31. The van der Waals surface area contributed by atoms with Gasteiger partial charge in [-0.1, -0.05) is 19.1 Å². The zero-order chi connectivity index (χ0) is 13.0. The third kappa shape index (κ3) is 3.08. The average molecular weight is 357 g/mol. The van der Waals surface area contributed by atoms with Crippen LogP contribution >= 0.6 is 22.6 Å². The van der Waals surface area contributed by atoms with E-state index in [-0.39, 0.29) is 0 Å². The fourth-order valence-corrected chi connectivity index (χ4v) is 2.24. The van der Waals surface area contributed by atoms with Gasteiger partial charge >= 0.3 is 0 Å². The molecular weight excluding hydrogens is 341 g/mol. The summed E-state index contributed by atoms with van der Waals surface area (Å²) < 4.78 is 6.85. The van der Waals surface area contributed by atoms with Crippen LogP contribution in [0.3, 0.4) is 0 Å². The van der Waals surface area contributed by atoms with Gasteiger partial charge < -0.3 is 9.73 Å². The van der Waals surface area contributed by atoms with Crippen LogP contribution in [0.2, 0.25) is 0 Å². The van der Waals surface area contributed by atoms with Crippen molar-refractivity contribution in [1.82, 2.24) is 15.5 Å². The molecule has 96 valence electrons. The standard InChI is InChI=1S/C13H16IN3O/c1-3-15-8-7-11-16-17-13(18-11)10-6-4-5-9(2)12(10)14/h4-6,15H,3,7-8H2,1-2H3. The number of hydrogen-bond donors (Lipinski definition) is 1. The van der Waals surface area contributed by atoms with Gasteiger partial charge in [0.2, 0.25) is 11.8 Å². The van der Waals surface area contributed by atoms with Gasteiger partial charge in [-0.2, -0.15) is 0 Å². The fourth-order valence-electron chi connectivity index (χ4n) is 1.65. The molecule has 18 heavy (non-hydrogen) atoms. The summed E-state index contributed by atoms with van der Waals surface area (Å²) in [7, 11) is 0. The van der Waals surface area contributed by atoms with E-state index in [9.17, 15) is 0 Å². The van der Waals surface area contributed by atoms with Gasteiger partial charge in [0, 0.05) is 16.5 Å². The molecule has 0 aliphatic heterocycles. The summed E-state index contributed by atoms with van der Waals surface area (Å²) in [6, 6.07) is 6.10. The molecule has 0 atom stereocenters. The number of benzene rings is 1. The molecule has 0 spiro atoms. The monoisotopic (exact) mass is 357 g/mol.